The maximum Gasteiger partial charge on any atom is 0.206 e. The number of aromatic nitrogens is 3. The molecule has 1 unspecified atom stereocenters. The van der Waals surface area contributed by atoms with Crippen molar-refractivity contribution in [2.75, 3.05) is 11.5 Å². The van der Waals surface area contributed by atoms with Crippen molar-refractivity contribution in [3.8, 4) is 5.88 Å². The fourth-order valence-electron chi connectivity index (χ4n) is 2.91. The average molecular weight is 299 g/mol. The lowest BCUT2D eigenvalue weighted by Crippen LogP contribution is -2.14. The molecule has 5 heteroatoms. The van der Waals surface area contributed by atoms with Crippen molar-refractivity contribution in [1.82, 2.24) is 14.5 Å². The fraction of sp³-hybridized carbons (Fsp3) is 0.375. The summed E-state index contributed by atoms with van der Waals surface area (Å²) in [5.41, 5.74) is 1.83. The van der Waals surface area contributed by atoms with Gasteiger partial charge in [0.15, 0.2) is 5.65 Å². The van der Waals surface area contributed by atoms with E-state index >= 15 is 0 Å². The molecule has 108 valence electrons. The lowest BCUT2D eigenvalue weighted by atomic mass is 10.0. The lowest BCUT2D eigenvalue weighted by Gasteiger charge is -2.21. The van der Waals surface area contributed by atoms with Crippen molar-refractivity contribution in [1.29, 1.82) is 0 Å². The first kappa shape index (κ1) is 13.0. The third-order valence-electron chi connectivity index (χ3n) is 3.91. The molecule has 0 bridgehead atoms. The first-order valence-corrected chi connectivity index (χ1v) is 8.46. The van der Waals surface area contributed by atoms with Crippen molar-refractivity contribution in [3.63, 3.8) is 0 Å². The van der Waals surface area contributed by atoms with E-state index in [0.717, 1.165) is 34.4 Å². The Bertz CT molecular complexity index is 771. The first-order valence-electron chi connectivity index (χ1n) is 7.31. The number of pyridine rings is 1. The number of furan rings is 1. The van der Waals surface area contributed by atoms with Crippen LogP contribution >= 0.6 is 11.8 Å². The van der Waals surface area contributed by atoms with Gasteiger partial charge in [-0.2, -0.15) is 11.8 Å². The molecule has 0 amide bonds. The zero-order valence-electron chi connectivity index (χ0n) is 12.0. The third kappa shape index (κ3) is 2.25. The molecule has 0 N–H and O–H groups in total. The summed E-state index contributed by atoms with van der Waals surface area (Å²) in [5, 5.41) is 0. The number of aryl methyl sites for hydroxylation is 1. The minimum absolute atomic E-state index is 0.475. The highest BCUT2D eigenvalue weighted by molar-refractivity contribution is 7.99. The summed E-state index contributed by atoms with van der Waals surface area (Å²) >= 11 is 2.01. The van der Waals surface area contributed by atoms with E-state index in [4.69, 9.17) is 9.40 Å². The molecule has 0 spiro atoms. The van der Waals surface area contributed by atoms with Crippen LogP contribution in [-0.2, 0) is 0 Å². The molecule has 1 aliphatic heterocycles. The SMILES string of the molecule is Cc1ccc(-n2c(C3CCCSC3)nc3cccnc32)o1. The molecular formula is C16H17N3OS. The zero-order valence-corrected chi connectivity index (χ0v) is 12.8. The summed E-state index contributed by atoms with van der Waals surface area (Å²) in [4.78, 5) is 9.37. The Balaban J connectivity index is 1.92. The quantitative estimate of drug-likeness (QED) is 0.719. The number of nitrogens with zero attached hydrogens (tertiary/aromatic N) is 3. The van der Waals surface area contributed by atoms with Crippen LogP contribution in [0.15, 0.2) is 34.9 Å². The van der Waals surface area contributed by atoms with Gasteiger partial charge in [-0.25, -0.2) is 14.5 Å². The topological polar surface area (TPSA) is 43.9 Å². The largest absolute Gasteiger partial charge is 0.445 e. The molecule has 0 aliphatic carbocycles. The van der Waals surface area contributed by atoms with Crippen molar-refractivity contribution in [2.24, 2.45) is 0 Å². The van der Waals surface area contributed by atoms with Crippen molar-refractivity contribution in [3.05, 3.63) is 42.0 Å². The molecule has 3 aromatic rings. The van der Waals surface area contributed by atoms with Crippen LogP contribution in [0, 0.1) is 6.92 Å². The molecule has 3 aromatic heterocycles. The van der Waals surface area contributed by atoms with E-state index in [2.05, 4.69) is 9.55 Å². The van der Waals surface area contributed by atoms with Gasteiger partial charge < -0.3 is 4.42 Å². The Hall–Kier alpha value is -1.75. The van der Waals surface area contributed by atoms with Crippen LogP contribution in [0.1, 0.15) is 30.3 Å². The maximum absolute atomic E-state index is 5.84. The summed E-state index contributed by atoms with van der Waals surface area (Å²) in [7, 11) is 0. The average Bonchev–Trinajstić information content (AvgIpc) is 3.11. The molecule has 1 saturated heterocycles. The van der Waals surface area contributed by atoms with Crippen LogP contribution in [0.3, 0.4) is 0 Å². The van der Waals surface area contributed by atoms with Gasteiger partial charge in [0.05, 0.1) is 0 Å². The van der Waals surface area contributed by atoms with E-state index in [1.807, 2.05) is 49.1 Å². The third-order valence-corrected chi connectivity index (χ3v) is 5.13. The van der Waals surface area contributed by atoms with Crippen molar-refractivity contribution < 1.29 is 4.42 Å². The van der Waals surface area contributed by atoms with Gasteiger partial charge in [0, 0.05) is 23.9 Å². The molecule has 1 fully saturated rings. The standard InChI is InChI=1S/C16H17N3OS/c1-11-6-7-14(20-11)19-15(12-4-3-9-21-10-12)18-13-5-2-8-17-16(13)19/h2,5-8,12H,3-4,9-10H2,1H3. The predicted octanol–water partition coefficient (Wildman–Crippen LogP) is 3.93. The molecular weight excluding hydrogens is 282 g/mol. The summed E-state index contributed by atoms with van der Waals surface area (Å²) < 4.78 is 7.94. The Kier molecular flexibility index (Phi) is 3.22. The molecule has 21 heavy (non-hydrogen) atoms. The second kappa shape index (κ2) is 5.22. The number of fused-ring (bicyclic) bond motifs is 1. The smallest absolute Gasteiger partial charge is 0.206 e. The van der Waals surface area contributed by atoms with Gasteiger partial charge in [0.1, 0.15) is 17.1 Å². The van der Waals surface area contributed by atoms with E-state index in [1.165, 1.54) is 18.6 Å². The van der Waals surface area contributed by atoms with Gasteiger partial charge in [-0.05, 0) is 43.7 Å². The summed E-state index contributed by atoms with van der Waals surface area (Å²) in [6.07, 6.45) is 4.26. The highest BCUT2D eigenvalue weighted by Crippen LogP contribution is 2.34. The zero-order chi connectivity index (χ0) is 14.2. The van der Waals surface area contributed by atoms with Gasteiger partial charge in [0.2, 0.25) is 5.88 Å². The minimum atomic E-state index is 0.475. The van der Waals surface area contributed by atoms with Crippen LogP contribution in [-0.4, -0.2) is 26.0 Å². The molecule has 0 aromatic carbocycles. The second-order valence-corrected chi connectivity index (χ2v) is 6.60. The highest BCUT2D eigenvalue weighted by atomic mass is 32.2. The van der Waals surface area contributed by atoms with Crippen LogP contribution in [0.25, 0.3) is 17.0 Å². The van der Waals surface area contributed by atoms with E-state index in [-0.39, 0.29) is 0 Å². The predicted molar refractivity (Wildman–Crippen MR) is 85.2 cm³/mol. The Morgan fingerprint density at radius 3 is 3.05 bits per heavy atom. The molecule has 4 heterocycles. The molecule has 0 radical (unpaired) electrons. The molecule has 1 aliphatic rings. The number of thioether (sulfide) groups is 1. The van der Waals surface area contributed by atoms with Crippen molar-refractivity contribution >= 4 is 22.9 Å². The normalized spacial score (nSPS) is 19.2. The van der Waals surface area contributed by atoms with Gasteiger partial charge in [-0.15, -0.1) is 0 Å². The van der Waals surface area contributed by atoms with Crippen LogP contribution in [0.2, 0.25) is 0 Å². The lowest BCUT2D eigenvalue weighted by molar-refractivity contribution is 0.499. The van der Waals surface area contributed by atoms with Crippen LogP contribution < -0.4 is 0 Å². The number of rotatable bonds is 2. The summed E-state index contributed by atoms with van der Waals surface area (Å²) in [6.45, 7) is 1.96. The van der Waals surface area contributed by atoms with E-state index < -0.39 is 0 Å². The van der Waals surface area contributed by atoms with Crippen LogP contribution in [0.4, 0.5) is 0 Å². The van der Waals surface area contributed by atoms with E-state index in [1.54, 1.807) is 0 Å². The Morgan fingerprint density at radius 2 is 2.29 bits per heavy atom. The van der Waals surface area contributed by atoms with E-state index in [0.29, 0.717) is 5.92 Å². The summed E-state index contributed by atoms with van der Waals surface area (Å²) in [5.74, 6) is 5.68. The Labute approximate surface area is 127 Å². The Morgan fingerprint density at radius 1 is 1.33 bits per heavy atom. The number of imidazole rings is 1. The van der Waals surface area contributed by atoms with Gasteiger partial charge in [-0.3, -0.25) is 0 Å². The molecule has 1 atom stereocenters. The molecule has 4 nitrogen and oxygen atoms in total. The first-order chi connectivity index (χ1) is 10.3. The van der Waals surface area contributed by atoms with Gasteiger partial charge >= 0.3 is 0 Å². The van der Waals surface area contributed by atoms with E-state index in [9.17, 15) is 0 Å². The number of hydrogen-bond acceptors (Lipinski definition) is 4. The fourth-order valence-corrected chi connectivity index (χ4v) is 4.04. The van der Waals surface area contributed by atoms with Crippen molar-refractivity contribution in [2.45, 2.75) is 25.7 Å². The van der Waals surface area contributed by atoms with Gasteiger partial charge in [-0.1, -0.05) is 0 Å². The van der Waals surface area contributed by atoms with Crippen LogP contribution in [0.5, 0.6) is 0 Å². The molecule has 4 rings (SSSR count). The second-order valence-electron chi connectivity index (χ2n) is 5.45. The van der Waals surface area contributed by atoms with Gasteiger partial charge in [0.25, 0.3) is 0 Å². The minimum Gasteiger partial charge on any atom is -0.445 e. The number of hydrogen-bond donors (Lipinski definition) is 0. The molecule has 0 saturated carbocycles. The monoisotopic (exact) mass is 299 g/mol. The maximum atomic E-state index is 5.84. The highest BCUT2D eigenvalue weighted by Gasteiger charge is 2.25. The summed E-state index contributed by atoms with van der Waals surface area (Å²) in [6, 6.07) is 7.95.